The number of nitrogens with two attached hydrogens (primary N) is 1. The lowest BCUT2D eigenvalue weighted by Crippen LogP contribution is -2.41. The molecule has 140 valence electrons. The first-order chi connectivity index (χ1) is 11.6. The van der Waals surface area contributed by atoms with E-state index in [2.05, 4.69) is 10.3 Å². The zero-order valence-corrected chi connectivity index (χ0v) is 18.1. The molecule has 0 unspecified atom stereocenters. The molecule has 2 aliphatic rings. The summed E-state index contributed by atoms with van der Waals surface area (Å²) in [5, 5.41) is 4.60. The van der Waals surface area contributed by atoms with Gasteiger partial charge in [-0.2, -0.15) is 0 Å². The number of benzene rings is 1. The molecular weight excluding hydrogens is 472 g/mol. The summed E-state index contributed by atoms with van der Waals surface area (Å²) in [5.41, 5.74) is 7.02. The monoisotopic (exact) mass is 497 g/mol. The SMILES string of the molecule is I.NC(=NCC1(c2ccc(Cl)cc2Cl)CCOCC1)NCC1CCC1. The zero-order chi connectivity index (χ0) is 17.0. The summed E-state index contributed by atoms with van der Waals surface area (Å²) in [7, 11) is 0. The second kappa shape index (κ2) is 9.62. The zero-order valence-electron chi connectivity index (χ0n) is 14.3. The van der Waals surface area contributed by atoms with E-state index in [1.807, 2.05) is 12.1 Å². The standard InChI is InChI=1S/C18H25Cl2N3O.HI/c19-14-4-5-15(16(20)10-14)18(6-8-24-9-7-18)12-23-17(21)22-11-13-2-1-3-13;/h4-5,10,13H,1-3,6-9,11-12H2,(H3,21,22,23);1H. The van der Waals surface area contributed by atoms with Crippen LogP contribution in [-0.4, -0.2) is 32.3 Å². The molecule has 1 heterocycles. The van der Waals surface area contributed by atoms with E-state index >= 15 is 0 Å². The lowest BCUT2D eigenvalue weighted by atomic mass is 9.74. The van der Waals surface area contributed by atoms with Gasteiger partial charge in [0, 0.05) is 35.2 Å². The van der Waals surface area contributed by atoms with Crippen molar-refractivity contribution in [3.05, 3.63) is 33.8 Å². The van der Waals surface area contributed by atoms with Crippen molar-refractivity contribution in [2.45, 2.75) is 37.5 Å². The van der Waals surface area contributed by atoms with Crippen molar-refractivity contribution in [2.24, 2.45) is 16.6 Å². The maximum atomic E-state index is 6.48. The summed E-state index contributed by atoms with van der Waals surface area (Å²) in [5.74, 6) is 1.28. The summed E-state index contributed by atoms with van der Waals surface area (Å²) >= 11 is 12.5. The van der Waals surface area contributed by atoms with Gasteiger partial charge in [-0.15, -0.1) is 24.0 Å². The Bertz CT molecular complexity index is 602. The number of ether oxygens (including phenoxy) is 1. The van der Waals surface area contributed by atoms with Crippen LogP contribution in [0.1, 0.15) is 37.7 Å². The van der Waals surface area contributed by atoms with Gasteiger partial charge in [-0.3, -0.25) is 4.99 Å². The quantitative estimate of drug-likeness (QED) is 0.361. The Kier molecular flexibility index (Phi) is 8.11. The van der Waals surface area contributed by atoms with E-state index in [4.69, 9.17) is 33.7 Å². The molecule has 1 saturated carbocycles. The number of rotatable bonds is 5. The number of hydrogen-bond donors (Lipinski definition) is 2. The van der Waals surface area contributed by atoms with Gasteiger partial charge in [-0.25, -0.2) is 0 Å². The van der Waals surface area contributed by atoms with E-state index in [9.17, 15) is 0 Å². The van der Waals surface area contributed by atoms with Crippen LogP contribution in [0.4, 0.5) is 0 Å². The van der Waals surface area contributed by atoms with Crippen molar-refractivity contribution >= 4 is 53.1 Å². The van der Waals surface area contributed by atoms with Crippen LogP contribution in [0.3, 0.4) is 0 Å². The average molecular weight is 498 g/mol. The minimum atomic E-state index is -0.136. The Labute approximate surface area is 176 Å². The topological polar surface area (TPSA) is 59.6 Å². The van der Waals surface area contributed by atoms with Crippen molar-refractivity contribution in [3.8, 4) is 0 Å². The van der Waals surface area contributed by atoms with Gasteiger partial charge in [-0.1, -0.05) is 35.7 Å². The molecule has 1 aromatic carbocycles. The van der Waals surface area contributed by atoms with Crippen molar-refractivity contribution in [3.63, 3.8) is 0 Å². The maximum Gasteiger partial charge on any atom is 0.188 e. The van der Waals surface area contributed by atoms with Gasteiger partial charge in [0.1, 0.15) is 0 Å². The van der Waals surface area contributed by atoms with Gasteiger partial charge in [0.25, 0.3) is 0 Å². The average Bonchev–Trinajstić information content (AvgIpc) is 2.52. The van der Waals surface area contributed by atoms with Crippen LogP contribution >= 0.6 is 47.2 Å². The molecule has 4 nitrogen and oxygen atoms in total. The minimum Gasteiger partial charge on any atom is -0.381 e. The van der Waals surface area contributed by atoms with Crippen LogP contribution in [0, 0.1) is 5.92 Å². The van der Waals surface area contributed by atoms with E-state index in [0.717, 1.165) is 30.9 Å². The van der Waals surface area contributed by atoms with Crippen LogP contribution in [0.5, 0.6) is 0 Å². The van der Waals surface area contributed by atoms with Gasteiger partial charge >= 0.3 is 0 Å². The highest BCUT2D eigenvalue weighted by atomic mass is 127. The summed E-state index contributed by atoms with van der Waals surface area (Å²) in [6, 6.07) is 5.71. The summed E-state index contributed by atoms with van der Waals surface area (Å²) < 4.78 is 5.55. The van der Waals surface area contributed by atoms with E-state index in [0.29, 0.717) is 35.8 Å². The van der Waals surface area contributed by atoms with Gasteiger partial charge < -0.3 is 15.8 Å². The van der Waals surface area contributed by atoms with Gasteiger partial charge in [0.05, 0.1) is 6.54 Å². The Hall–Kier alpha value is -0.240. The summed E-state index contributed by atoms with van der Waals surface area (Å²) in [4.78, 5) is 4.63. The van der Waals surface area contributed by atoms with Crippen molar-refractivity contribution in [2.75, 3.05) is 26.3 Å². The van der Waals surface area contributed by atoms with E-state index < -0.39 is 0 Å². The van der Waals surface area contributed by atoms with Crippen molar-refractivity contribution < 1.29 is 4.74 Å². The largest absolute Gasteiger partial charge is 0.381 e. The third kappa shape index (κ3) is 5.37. The fourth-order valence-electron chi connectivity index (χ4n) is 3.43. The molecule has 3 N–H and O–H groups in total. The number of hydrogen-bond acceptors (Lipinski definition) is 2. The first kappa shape index (κ1) is 21.1. The Balaban J connectivity index is 0.00000225. The molecule has 0 bridgehead atoms. The van der Waals surface area contributed by atoms with Gasteiger partial charge in [0.2, 0.25) is 0 Å². The molecule has 2 fully saturated rings. The molecule has 0 aromatic heterocycles. The fourth-order valence-corrected chi connectivity index (χ4v) is 4.04. The highest BCUT2D eigenvalue weighted by Gasteiger charge is 2.36. The molecule has 1 saturated heterocycles. The van der Waals surface area contributed by atoms with E-state index in [1.54, 1.807) is 6.07 Å². The highest BCUT2D eigenvalue weighted by Crippen LogP contribution is 2.39. The number of nitrogens with zero attached hydrogens (tertiary/aromatic N) is 1. The molecule has 0 radical (unpaired) electrons. The Morgan fingerprint density at radius 2 is 2.00 bits per heavy atom. The molecule has 3 rings (SSSR count). The Morgan fingerprint density at radius 1 is 1.28 bits per heavy atom. The predicted molar refractivity (Wildman–Crippen MR) is 115 cm³/mol. The van der Waals surface area contributed by atoms with Crippen LogP contribution in [0.15, 0.2) is 23.2 Å². The molecule has 0 amide bonds. The van der Waals surface area contributed by atoms with Gasteiger partial charge in [-0.05, 0) is 49.3 Å². The maximum absolute atomic E-state index is 6.48. The molecule has 7 heteroatoms. The van der Waals surface area contributed by atoms with Crippen LogP contribution < -0.4 is 11.1 Å². The van der Waals surface area contributed by atoms with Gasteiger partial charge in [0.15, 0.2) is 5.96 Å². The van der Waals surface area contributed by atoms with Crippen LogP contribution in [0.2, 0.25) is 10.0 Å². The molecule has 1 aliphatic heterocycles. The molecule has 0 atom stereocenters. The third-order valence-electron chi connectivity index (χ3n) is 5.30. The smallest absolute Gasteiger partial charge is 0.188 e. The molecule has 1 aliphatic carbocycles. The number of aliphatic imine (C=N–C) groups is 1. The van der Waals surface area contributed by atoms with Crippen LogP contribution in [0.25, 0.3) is 0 Å². The van der Waals surface area contributed by atoms with Crippen molar-refractivity contribution in [1.29, 1.82) is 0 Å². The first-order valence-corrected chi connectivity index (χ1v) is 9.42. The lowest BCUT2D eigenvalue weighted by molar-refractivity contribution is 0.0531. The number of nitrogens with one attached hydrogen (secondary N) is 1. The predicted octanol–water partition coefficient (Wildman–Crippen LogP) is 4.36. The highest BCUT2D eigenvalue weighted by molar-refractivity contribution is 14.0. The molecule has 1 aromatic rings. The molecular formula is C18H26Cl2IN3O. The molecule has 0 spiro atoms. The number of guanidine groups is 1. The summed E-state index contributed by atoms with van der Waals surface area (Å²) in [6.07, 6.45) is 5.69. The van der Waals surface area contributed by atoms with E-state index in [-0.39, 0.29) is 29.4 Å². The second-order valence-electron chi connectivity index (χ2n) is 6.90. The third-order valence-corrected chi connectivity index (χ3v) is 5.85. The fraction of sp³-hybridized carbons (Fsp3) is 0.611. The first-order valence-electron chi connectivity index (χ1n) is 8.66. The second-order valence-corrected chi connectivity index (χ2v) is 7.74. The van der Waals surface area contributed by atoms with E-state index in [1.165, 1.54) is 19.3 Å². The van der Waals surface area contributed by atoms with Crippen LogP contribution in [-0.2, 0) is 10.2 Å². The lowest BCUT2D eigenvalue weighted by Gasteiger charge is -2.37. The number of halogens is 3. The van der Waals surface area contributed by atoms with Crippen molar-refractivity contribution in [1.82, 2.24) is 5.32 Å². The molecule has 25 heavy (non-hydrogen) atoms. The summed E-state index contributed by atoms with van der Waals surface area (Å²) in [6.45, 7) is 2.96. The Morgan fingerprint density at radius 3 is 2.60 bits per heavy atom. The minimum absolute atomic E-state index is 0. The normalized spacial score (nSPS) is 20.5.